The Morgan fingerprint density at radius 3 is 2.00 bits per heavy atom. The van der Waals surface area contributed by atoms with Gasteiger partial charge in [-0.05, 0) is 20.3 Å². The lowest BCUT2D eigenvalue weighted by atomic mass is 10.1. The molecule has 0 aromatic carbocycles. The lowest BCUT2D eigenvalue weighted by Crippen LogP contribution is -2.35. The molecule has 3 atom stereocenters. The third kappa shape index (κ3) is 2.70. The molecular weight excluding hydrogens is 204 g/mol. The summed E-state index contributed by atoms with van der Waals surface area (Å²) >= 11 is 0. The molecule has 5 heteroatoms. The van der Waals surface area contributed by atoms with E-state index in [-0.39, 0.29) is 0 Å². The lowest BCUT2D eigenvalue weighted by Gasteiger charge is -2.20. The summed E-state index contributed by atoms with van der Waals surface area (Å²) < 4.78 is 23.5. The Bertz CT molecular complexity index is 294. The fourth-order valence-electron chi connectivity index (χ4n) is 1.08. The molecule has 14 heavy (non-hydrogen) atoms. The zero-order chi connectivity index (χ0) is 11.5. The smallest absolute Gasteiger partial charge is 0.307 e. The zero-order valence-corrected chi connectivity index (χ0v) is 9.84. The van der Waals surface area contributed by atoms with Gasteiger partial charge in [0.25, 0.3) is 0 Å². The number of carbonyl (C=O) groups is 1. The highest BCUT2D eigenvalue weighted by Gasteiger charge is 2.33. The van der Waals surface area contributed by atoms with Crippen LogP contribution in [0.2, 0.25) is 0 Å². The van der Waals surface area contributed by atoms with E-state index in [1.54, 1.807) is 13.8 Å². The van der Waals surface area contributed by atoms with Crippen molar-refractivity contribution in [2.75, 3.05) is 0 Å². The highest BCUT2D eigenvalue weighted by molar-refractivity contribution is 7.92. The van der Waals surface area contributed by atoms with Gasteiger partial charge in [-0.1, -0.05) is 13.8 Å². The topological polar surface area (TPSA) is 71.4 Å². The van der Waals surface area contributed by atoms with Gasteiger partial charge in [0.1, 0.15) is 0 Å². The Kier molecular flexibility index (Phi) is 4.58. The van der Waals surface area contributed by atoms with Crippen LogP contribution in [0.1, 0.15) is 34.1 Å². The molecule has 84 valence electrons. The molecule has 1 N–H and O–H groups in total. The largest absolute Gasteiger partial charge is 0.481 e. The Morgan fingerprint density at radius 2 is 1.71 bits per heavy atom. The molecule has 3 unspecified atom stereocenters. The van der Waals surface area contributed by atoms with Crippen molar-refractivity contribution in [1.29, 1.82) is 0 Å². The summed E-state index contributed by atoms with van der Waals surface area (Å²) in [5.74, 6) is -1.92. The van der Waals surface area contributed by atoms with Crippen molar-refractivity contribution in [3.05, 3.63) is 0 Å². The Hall–Kier alpha value is -0.580. The van der Waals surface area contributed by atoms with Crippen LogP contribution in [-0.2, 0) is 14.6 Å². The first-order valence-corrected chi connectivity index (χ1v) is 6.31. The third-order valence-electron chi connectivity index (χ3n) is 2.75. The van der Waals surface area contributed by atoms with Crippen LogP contribution in [-0.4, -0.2) is 30.0 Å². The second kappa shape index (κ2) is 4.77. The van der Waals surface area contributed by atoms with Gasteiger partial charge in [0.2, 0.25) is 0 Å². The van der Waals surface area contributed by atoms with Crippen LogP contribution in [0.3, 0.4) is 0 Å². The summed E-state index contributed by atoms with van der Waals surface area (Å²) in [6.45, 7) is 6.27. The molecule has 0 aliphatic rings. The van der Waals surface area contributed by atoms with Crippen LogP contribution in [0.4, 0.5) is 0 Å². The van der Waals surface area contributed by atoms with Crippen molar-refractivity contribution in [3.8, 4) is 0 Å². The first kappa shape index (κ1) is 13.4. The van der Waals surface area contributed by atoms with Gasteiger partial charge in [-0.25, -0.2) is 8.42 Å². The van der Waals surface area contributed by atoms with E-state index in [1.165, 1.54) is 13.8 Å². The molecule has 0 heterocycles. The average Bonchev–Trinajstić information content (AvgIpc) is 2.13. The molecule has 0 amide bonds. The Labute approximate surface area is 85.2 Å². The van der Waals surface area contributed by atoms with Gasteiger partial charge in [-0.15, -0.1) is 0 Å². The van der Waals surface area contributed by atoms with E-state index in [0.717, 1.165) is 0 Å². The second-order valence-corrected chi connectivity index (χ2v) is 6.37. The summed E-state index contributed by atoms with van der Waals surface area (Å²) in [6.07, 6.45) is 0.513. The van der Waals surface area contributed by atoms with E-state index in [9.17, 15) is 13.2 Å². The Balaban J connectivity index is 4.85. The quantitative estimate of drug-likeness (QED) is 0.761. The molecule has 4 nitrogen and oxygen atoms in total. The maximum atomic E-state index is 11.7. The molecule has 0 saturated carbocycles. The van der Waals surface area contributed by atoms with Gasteiger partial charge >= 0.3 is 5.97 Å². The molecule has 0 aliphatic heterocycles. The lowest BCUT2D eigenvalue weighted by molar-refractivity contribution is -0.141. The van der Waals surface area contributed by atoms with Gasteiger partial charge in [-0.3, -0.25) is 4.79 Å². The number of hydrogen-bond donors (Lipinski definition) is 1. The number of aliphatic carboxylic acids is 1. The predicted molar refractivity (Wildman–Crippen MR) is 54.9 cm³/mol. The van der Waals surface area contributed by atoms with Gasteiger partial charge in [0.15, 0.2) is 9.84 Å². The van der Waals surface area contributed by atoms with Crippen molar-refractivity contribution in [1.82, 2.24) is 0 Å². The van der Waals surface area contributed by atoms with Crippen LogP contribution in [0.5, 0.6) is 0 Å². The zero-order valence-electron chi connectivity index (χ0n) is 9.02. The van der Waals surface area contributed by atoms with Crippen molar-refractivity contribution < 1.29 is 18.3 Å². The van der Waals surface area contributed by atoms with Crippen LogP contribution in [0.25, 0.3) is 0 Å². The fraction of sp³-hybridized carbons (Fsp3) is 0.889. The van der Waals surface area contributed by atoms with E-state index in [1.807, 2.05) is 0 Å². The number of carboxylic acids is 1. The molecule has 0 spiro atoms. The summed E-state index contributed by atoms with van der Waals surface area (Å²) in [6, 6.07) is 0. The molecule has 0 aromatic rings. The minimum absolute atomic E-state index is 0.473. The summed E-state index contributed by atoms with van der Waals surface area (Å²) in [5, 5.41) is 7.41. The monoisotopic (exact) mass is 222 g/mol. The fourth-order valence-corrected chi connectivity index (χ4v) is 2.97. The number of carboxylic acid groups (broad SMARTS) is 1. The van der Waals surface area contributed by atoms with Gasteiger partial charge in [-0.2, -0.15) is 0 Å². The van der Waals surface area contributed by atoms with Gasteiger partial charge < -0.3 is 5.11 Å². The van der Waals surface area contributed by atoms with Crippen LogP contribution < -0.4 is 0 Å². The van der Waals surface area contributed by atoms with E-state index in [4.69, 9.17) is 5.11 Å². The average molecular weight is 222 g/mol. The highest BCUT2D eigenvalue weighted by Crippen LogP contribution is 2.19. The molecule has 0 saturated heterocycles. The molecule has 0 fully saturated rings. The Morgan fingerprint density at radius 1 is 1.29 bits per heavy atom. The van der Waals surface area contributed by atoms with Crippen LogP contribution in [0.15, 0.2) is 0 Å². The molecule has 0 aliphatic carbocycles. The number of rotatable bonds is 5. The maximum absolute atomic E-state index is 11.7. The summed E-state index contributed by atoms with van der Waals surface area (Å²) in [5.41, 5.74) is 0. The first-order valence-electron chi connectivity index (χ1n) is 4.70. The summed E-state index contributed by atoms with van der Waals surface area (Å²) in [4.78, 5) is 10.6. The van der Waals surface area contributed by atoms with E-state index < -0.39 is 32.2 Å². The SMILES string of the molecule is CCC(C)S(=O)(=O)C(C)C(C)C(=O)O. The standard InChI is InChI=1S/C9H18O4S/c1-5-6(2)14(12,13)8(4)7(3)9(10)11/h6-8H,5H2,1-4H3,(H,10,11). The second-order valence-electron chi connectivity index (χ2n) is 3.64. The van der Waals surface area contributed by atoms with Crippen molar-refractivity contribution >= 4 is 15.8 Å². The highest BCUT2D eigenvalue weighted by atomic mass is 32.2. The maximum Gasteiger partial charge on any atom is 0.307 e. The number of hydrogen-bond acceptors (Lipinski definition) is 3. The first-order chi connectivity index (χ1) is 6.25. The van der Waals surface area contributed by atoms with Crippen molar-refractivity contribution in [2.24, 2.45) is 5.92 Å². The minimum atomic E-state index is -3.31. The van der Waals surface area contributed by atoms with E-state index in [2.05, 4.69) is 0 Å². The van der Waals surface area contributed by atoms with Crippen molar-refractivity contribution in [2.45, 2.75) is 44.6 Å². The summed E-state index contributed by atoms with van der Waals surface area (Å²) in [7, 11) is -3.31. The van der Waals surface area contributed by atoms with E-state index >= 15 is 0 Å². The normalized spacial score (nSPS) is 18.6. The van der Waals surface area contributed by atoms with E-state index in [0.29, 0.717) is 6.42 Å². The number of sulfone groups is 1. The minimum Gasteiger partial charge on any atom is -0.481 e. The molecular formula is C9H18O4S. The van der Waals surface area contributed by atoms with Crippen molar-refractivity contribution in [3.63, 3.8) is 0 Å². The molecule has 0 bridgehead atoms. The molecule has 0 radical (unpaired) electrons. The van der Waals surface area contributed by atoms with Gasteiger partial charge in [0.05, 0.1) is 16.4 Å². The van der Waals surface area contributed by atoms with Crippen LogP contribution >= 0.6 is 0 Å². The third-order valence-corrected chi connectivity index (χ3v) is 5.65. The van der Waals surface area contributed by atoms with Gasteiger partial charge in [0, 0.05) is 0 Å². The molecule has 0 rings (SSSR count). The molecule has 0 aromatic heterocycles. The van der Waals surface area contributed by atoms with Crippen LogP contribution in [0, 0.1) is 5.92 Å². The predicted octanol–water partition coefficient (Wildman–Crippen LogP) is 1.31.